The third-order valence-electron chi connectivity index (χ3n) is 5.92. The van der Waals surface area contributed by atoms with E-state index in [4.69, 9.17) is 0 Å². The molecule has 5 rings (SSSR count). The Morgan fingerprint density at radius 1 is 1.08 bits per heavy atom. The van der Waals surface area contributed by atoms with Crippen LogP contribution < -0.4 is 16.2 Å². The monoisotopic (exact) mass is 513 g/mol. The summed E-state index contributed by atoms with van der Waals surface area (Å²) < 4.78 is 27.9. The standard InChI is InChI=1S/C28H21F2N5O3/c29-22-8-6-18(13-23(22)30)16-35-12-2-4-20(28(35)38)26(36)33-9-1-3-17-5-7-19-21(15-25-31-10-11-32-25)27(37)34-24(19)14-17/h1-8,10-15H,9,16H2,(H,31,32)(H,33,36)(H,34,37)/b3-1+,21-15-. The van der Waals surface area contributed by atoms with E-state index in [1.165, 1.54) is 22.9 Å². The van der Waals surface area contributed by atoms with Gasteiger partial charge >= 0.3 is 0 Å². The molecule has 0 bridgehead atoms. The molecule has 0 saturated heterocycles. The summed E-state index contributed by atoms with van der Waals surface area (Å²) >= 11 is 0. The zero-order valence-electron chi connectivity index (χ0n) is 19.9. The van der Waals surface area contributed by atoms with Gasteiger partial charge in [-0.25, -0.2) is 13.8 Å². The fourth-order valence-electron chi connectivity index (χ4n) is 4.06. The molecule has 0 unspecified atom stereocenters. The van der Waals surface area contributed by atoms with E-state index in [1.807, 2.05) is 18.2 Å². The summed E-state index contributed by atoms with van der Waals surface area (Å²) in [5.74, 6) is -2.18. The molecule has 4 aromatic rings. The van der Waals surface area contributed by atoms with Gasteiger partial charge in [-0.15, -0.1) is 0 Å². The first-order valence-corrected chi connectivity index (χ1v) is 11.6. The van der Waals surface area contributed by atoms with E-state index >= 15 is 0 Å². The molecule has 38 heavy (non-hydrogen) atoms. The van der Waals surface area contributed by atoms with Crippen LogP contribution in [0.4, 0.5) is 14.5 Å². The minimum absolute atomic E-state index is 0.00958. The molecule has 1 aliphatic rings. The smallest absolute Gasteiger partial charge is 0.263 e. The Bertz CT molecular complexity index is 1660. The highest BCUT2D eigenvalue weighted by Crippen LogP contribution is 2.33. The molecule has 1 aliphatic heterocycles. The molecule has 190 valence electrons. The van der Waals surface area contributed by atoms with Crippen LogP contribution in [0, 0.1) is 11.6 Å². The zero-order chi connectivity index (χ0) is 26.6. The van der Waals surface area contributed by atoms with Gasteiger partial charge in [0.05, 0.1) is 12.1 Å². The van der Waals surface area contributed by atoms with Crippen LogP contribution in [0.1, 0.15) is 32.9 Å². The van der Waals surface area contributed by atoms with Crippen molar-refractivity contribution in [3.8, 4) is 0 Å². The molecular formula is C28H21F2N5O3. The average molecular weight is 514 g/mol. The van der Waals surface area contributed by atoms with Gasteiger partial charge in [0.1, 0.15) is 11.4 Å². The maximum absolute atomic E-state index is 13.5. The lowest BCUT2D eigenvalue weighted by atomic mass is 10.0. The molecule has 3 heterocycles. The second-order valence-electron chi connectivity index (χ2n) is 8.51. The van der Waals surface area contributed by atoms with E-state index in [9.17, 15) is 23.2 Å². The third kappa shape index (κ3) is 5.19. The summed E-state index contributed by atoms with van der Waals surface area (Å²) in [4.78, 5) is 44.8. The van der Waals surface area contributed by atoms with Crippen LogP contribution in [0.5, 0.6) is 0 Å². The summed E-state index contributed by atoms with van der Waals surface area (Å²) in [6.45, 7) is 0.147. The van der Waals surface area contributed by atoms with Crippen molar-refractivity contribution in [2.24, 2.45) is 0 Å². The first-order valence-electron chi connectivity index (χ1n) is 11.6. The van der Waals surface area contributed by atoms with Gasteiger partial charge in [0.2, 0.25) is 0 Å². The Labute approximate surface area is 215 Å². The molecule has 0 saturated carbocycles. The number of benzene rings is 2. The summed E-state index contributed by atoms with van der Waals surface area (Å²) in [5, 5.41) is 5.51. The quantitative estimate of drug-likeness (QED) is 0.326. The minimum atomic E-state index is -1.01. The lowest BCUT2D eigenvalue weighted by Crippen LogP contribution is -2.33. The number of hydrogen-bond donors (Lipinski definition) is 3. The molecule has 2 aromatic heterocycles. The van der Waals surface area contributed by atoms with E-state index in [-0.39, 0.29) is 24.6 Å². The van der Waals surface area contributed by atoms with Gasteiger partial charge in [-0.05, 0) is 47.5 Å². The number of carbonyl (C=O) groups excluding carboxylic acids is 2. The number of carbonyl (C=O) groups is 2. The highest BCUT2D eigenvalue weighted by atomic mass is 19.2. The number of hydrogen-bond acceptors (Lipinski definition) is 4. The van der Waals surface area contributed by atoms with Crippen LogP contribution in [0.2, 0.25) is 0 Å². The van der Waals surface area contributed by atoms with Gasteiger partial charge in [-0.2, -0.15) is 0 Å². The molecule has 2 aromatic carbocycles. The molecule has 10 heteroatoms. The van der Waals surface area contributed by atoms with Gasteiger partial charge in [-0.3, -0.25) is 14.4 Å². The van der Waals surface area contributed by atoms with Crippen molar-refractivity contribution < 1.29 is 18.4 Å². The highest BCUT2D eigenvalue weighted by molar-refractivity contribution is 6.34. The summed E-state index contributed by atoms with van der Waals surface area (Å²) in [7, 11) is 0. The molecule has 3 N–H and O–H groups in total. The number of nitrogens with one attached hydrogen (secondary N) is 3. The van der Waals surface area contributed by atoms with Crippen LogP contribution in [-0.4, -0.2) is 32.9 Å². The Morgan fingerprint density at radius 2 is 1.95 bits per heavy atom. The van der Waals surface area contributed by atoms with Crippen molar-refractivity contribution in [3.05, 3.63) is 123 Å². The van der Waals surface area contributed by atoms with E-state index in [0.29, 0.717) is 22.6 Å². The number of imidazole rings is 1. The number of fused-ring (bicyclic) bond motifs is 1. The highest BCUT2D eigenvalue weighted by Gasteiger charge is 2.24. The molecular weight excluding hydrogens is 492 g/mol. The lowest BCUT2D eigenvalue weighted by Gasteiger charge is -2.09. The second-order valence-corrected chi connectivity index (χ2v) is 8.51. The van der Waals surface area contributed by atoms with Crippen LogP contribution in [0.15, 0.2) is 78.0 Å². The van der Waals surface area contributed by atoms with Crippen LogP contribution >= 0.6 is 0 Å². The number of rotatable bonds is 7. The van der Waals surface area contributed by atoms with Gasteiger partial charge < -0.3 is 20.2 Å². The largest absolute Gasteiger partial charge is 0.348 e. The molecule has 0 radical (unpaired) electrons. The third-order valence-corrected chi connectivity index (χ3v) is 5.92. The van der Waals surface area contributed by atoms with Crippen LogP contribution in [-0.2, 0) is 11.3 Å². The van der Waals surface area contributed by atoms with Crippen LogP contribution in [0.3, 0.4) is 0 Å². The SMILES string of the molecule is O=C1Nc2cc(/C=C/CNC(=O)c3cccn(Cc4ccc(F)c(F)c4)c3=O)ccc2/C1=C/c1ncc[nH]1. The van der Waals surface area contributed by atoms with Gasteiger partial charge in [0, 0.05) is 36.4 Å². The van der Waals surface area contributed by atoms with Gasteiger partial charge in [0.25, 0.3) is 17.4 Å². The maximum atomic E-state index is 13.5. The molecule has 0 atom stereocenters. The van der Waals surface area contributed by atoms with E-state index in [0.717, 1.165) is 23.3 Å². The first kappa shape index (κ1) is 24.6. The van der Waals surface area contributed by atoms with Crippen molar-refractivity contribution in [1.29, 1.82) is 0 Å². The number of anilines is 1. The lowest BCUT2D eigenvalue weighted by molar-refractivity contribution is -0.110. The molecule has 0 fully saturated rings. The topological polar surface area (TPSA) is 109 Å². The molecule has 0 spiro atoms. The van der Waals surface area contributed by atoms with Crippen molar-refractivity contribution in [2.45, 2.75) is 6.54 Å². The number of nitrogens with zero attached hydrogens (tertiary/aromatic N) is 2. The van der Waals surface area contributed by atoms with E-state index < -0.39 is 23.1 Å². The molecule has 0 aliphatic carbocycles. The van der Waals surface area contributed by atoms with Crippen molar-refractivity contribution in [2.75, 3.05) is 11.9 Å². The van der Waals surface area contributed by atoms with E-state index in [2.05, 4.69) is 20.6 Å². The summed E-state index contributed by atoms with van der Waals surface area (Å²) in [5.41, 5.74) is 2.53. The average Bonchev–Trinajstić information content (AvgIpc) is 3.53. The van der Waals surface area contributed by atoms with Gasteiger partial charge in [0.15, 0.2) is 11.6 Å². The molecule has 8 nitrogen and oxygen atoms in total. The predicted molar refractivity (Wildman–Crippen MR) is 139 cm³/mol. The Morgan fingerprint density at radius 3 is 2.74 bits per heavy atom. The number of aromatic amines is 1. The fraction of sp³-hybridized carbons (Fsp3) is 0.0714. The van der Waals surface area contributed by atoms with Gasteiger partial charge in [-0.1, -0.05) is 30.4 Å². The minimum Gasteiger partial charge on any atom is -0.348 e. The Hall–Kier alpha value is -5.12. The number of aromatic nitrogens is 3. The molecule has 2 amide bonds. The summed E-state index contributed by atoms with van der Waals surface area (Å²) in [6.07, 6.45) is 9.95. The number of H-pyrrole nitrogens is 1. The Balaban J connectivity index is 1.22. The predicted octanol–water partition coefficient (Wildman–Crippen LogP) is 3.83. The zero-order valence-corrected chi connectivity index (χ0v) is 19.9. The van der Waals surface area contributed by atoms with Crippen LogP contribution in [0.25, 0.3) is 17.7 Å². The van der Waals surface area contributed by atoms with E-state index in [1.54, 1.807) is 36.7 Å². The number of pyridine rings is 1. The Kier molecular flexibility index (Phi) is 6.77. The number of halogens is 2. The second kappa shape index (κ2) is 10.5. The van der Waals surface area contributed by atoms with Crippen molar-refractivity contribution in [3.63, 3.8) is 0 Å². The normalized spacial score (nSPS) is 13.6. The number of amides is 2. The van der Waals surface area contributed by atoms with Crippen molar-refractivity contribution >= 4 is 35.2 Å². The van der Waals surface area contributed by atoms with Crippen molar-refractivity contribution in [1.82, 2.24) is 19.9 Å². The summed E-state index contributed by atoms with van der Waals surface area (Å²) in [6, 6.07) is 11.8. The first-order chi connectivity index (χ1) is 18.4. The fourth-order valence-corrected chi connectivity index (χ4v) is 4.06. The maximum Gasteiger partial charge on any atom is 0.263 e.